The number of carbonyl (C=O) groups excluding carboxylic acids is 1. The van der Waals surface area contributed by atoms with E-state index in [1.54, 1.807) is 6.07 Å². The maximum atomic E-state index is 12.1. The molecule has 0 aliphatic heterocycles. The van der Waals surface area contributed by atoms with Gasteiger partial charge in [0.05, 0.1) is 10.3 Å². The van der Waals surface area contributed by atoms with Crippen molar-refractivity contribution in [3.05, 3.63) is 33.8 Å². The zero-order chi connectivity index (χ0) is 14.0. The molecule has 0 spiro atoms. The normalized spacial score (nSPS) is 16.7. The highest BCUT2D eigenvalue weighted by molar-refractivity contribution is 7.92. The summed E-state index contributed by atoms with van der Waals surface area (Å²) in [7, 11) is -3.39. The number of halogens is 2. The summed E-state index contributed by atoms with van der Waals surface area (Å²) >= 11 is 11.7. The van der Waals surface area contributed by atoms with Crippen LogP contribution in [0.1, 0.15) is 36.0 Å². The molecule has 1 aromatic carbocycles. The summed E-state index contributed by atoms with van der Waals surface area (Å²) in [5, 5.41) is 0.219. The first kappa shape index (κ1) is 14.8. The number of rotatable bonds is 4. The lowest BCUT2D eigenvalue weighted by molar-refractivity contribution is 0.102. The molecular weight excluding hydrogens is 307 g/mol. The second kappa shape index (κ2) is 5.81. The summed E-state index contributed by atoms with van der Waals surface area (Å²) in [6, 6.07) is 4.47. The van der Waals surface area contributed by atoms with E-state index in [1.165, 1.54) is 12.1 Å². The minimum Gasteiger partial charge on any atom is -0.293 e. The van der Waals surface area contributed by atoms with E-state index < -0.39 is 21.4 Å². The third-order valence-electron chi connectivity index (χ3n) is 3.37. The Bertz CT molecular complexity index is 590. The van der Waals surface area contributed by atoms with Crippen LogP contribution in [-0.2, 0) is 9.84 Å². The van der Waals surface area contributed by atoms with Crippen molar-refractivity contribution >= 4 is 38.8 Å². The van der Waals surface area contributed by atoms with E-state index in [0.29, 0.717) is 17.9 Å². The molecule has 6 heteroatoms. The van der Waals surface area contributed by atoms with Crippen LogP contribution in [0.3, 0.4) is 0 Å². The van der Waals surface area contributed by atoms with Crippen LogP contribution in [0.15, 0.2) is 18.2 Å². The van der Waals surface area contributed by atoms with Crippen LogP contribution in [-0.4, -0.2) is 25.2 Å². The van der Waals surface area contributed by atoms with Crippen LogP contribution >= 0.6 is 23.2 Å². The van der Waals surface area contributed by atoms with E-state index in [0.717, 1.165) is 12.8 Å². The van der Waals surface area contributed by atoms with Crippen molar-refractivity contribution in [1.29, 1.82) is 0 Å². The van der Waals surface area contributed by atoms with Gasteiger partial charge in [-0.25, -0.2) is 8.42 Å². The number of hydrogen-bond acceptors (Lipinski definition) is 3. The Morgan fingerprint density at radius 3 is 2.47 bits per heavy atom. The molecular formula is C13H14Cl2O3S. The van der Waals surface area contributed by atoms with Gasteiger partial charge in [-0.1, -0.05) is 36.0 Å². The number of Topliss-reactive ketones (excluding diaryl/α,β-unsaturated/α-hetero) is 1. The van der Waals surface area contributed by atoms with E-state index in [1.807, 2.05) is 0 Å². The highest BCUT2D eigenvalue weighted by Gasteiger charge is 2.31. The lowest BCUT2D eigenvalue weighted by Crippen LogP contribution is -2.26. The lowest BCUT2D eigenvalue weighted by Gasteiger charge is -2.11. The van der Waals surface area contributed by atoms with Gasteiger partial charge in [0.25, 0.3) is 0 Å². The van der Waals surface area contributed by atoms with Gasteiger partial charge in [0.2, 0.25) is 0 Å². The van der Waals surface area contributed by atoms with Gasteiger partial charge < -0.3 is 0 Å². The summed E-state index contributed by atoms with van der Waals surface area (Å²) < 4.78 is 24.2. The number of sulfone groups is 1. The fourth-order valence-electron chi connectivity index (χ4n) is 2.34. The van der Waals surface area contributed by atoms with Crippen molar-refractivity contribution < 1.29 is 13.2 Å². The first-order chi connectivity index (χ1) is 8.90. The van der Waals surface area contributed by atoms with Gasteiger partial charge in [-0.3, -0.25) is 4.79 Å². The molecule has 0 N–H and O–H groups in total. The van der Waals surface area contributed by atoms with Crippen LogP contribution in [0, 0.1) is 0 Å². The molecule has 1 aromatic rings. The molecule has 0 aromatic heterocycles. The molecule has 3 nitrogen and oxygen atoms in total. The van der Waals surface area contributed by atoms with Crippen LogP contribution in [0.5, 0.6) is 0 Å². The van der Waals surface area contributed by atoms with E-state index in [2.05, 4.69) is 0 Å². The van der Waals surface area contributed by atoms with Crippen molar-refractivity contribution in [2.45, 2.75) is 30.9 Å². The first-order valence-electron chi connectivity index (χ1n) is 6.10. The molecule has 1 saturated carbocycles. The number of hydrogen-bond donors (Lipinski definition) is 0. The van der Waals surface area contributed by atoms with Gasteiger partial charge in [-0.15, -0.1) is 0 Å². The summed E-state index contributed by atoms with van der Waals surface area (Å²) in [6.07, 6.45) is 3.13. The molecule has 0 unspecified atom stereocenters. The van der Waals surface area contributed by atoms with Gasteiger partial charge in [-0.05, 0) is 31.0 Å². The zero-order valence-corrected chi connectivity index (χ0v) is 12.6. The van der Waals surface area contributed by atoms with Crippen LogP contribution < -0.4 is 0 Å². The number of carbonyl (C=O) groups is 1. The Hall–Kier alpha value is -0.580. The largest absolute Gasteiger partial charge is 0.293 e. The third-order valence-corrected chi connectivity index (χ3v) is 6.09. The fraction of sp³-hybridized carbons (Fsp3) is 0.462. The van der Waals surface area contributed by atoms with Gasteiger partial charge in [-0.2, -0.15) is 0 Å². The van der Waals surface area contributed by atoms with Gasteiger partial charge in [0.15, 0.2) is 15.6 Å². The topological polar surface area (TPSA) is 51.2 Å². The van der Waals surface area contributed by atoms with Crippen molar-refractivity contribution in [3.63, 3.8) is 0 Å². The molecule has 1 aliphatic carbocycles. The molecule has 1 aliphatic rings. The first-order valence-corrected chi connectivity index (χ1v) is 8.57. The van der Waals surface area contributed by atoms with Gasteiger partial charge >= 0.3 is 0 Å². The second-order valence-corrected chi connectivity index (χ2v) is 7.89. The maximum absolute atomic E-state index is 12.1. The monoisotopic (exact) mass is 320 g/mol. The average molecular weight is 321 g/mol. The quantitative estimate of drug-likeness (QED) is 0.797. The molecule has 0 radical (unpaired) electrons. The summed E-state index contributed by atoms with van der Waals surface area (Å²) in [5.41, 5.74) is 0.177. The van der Waals surface area contributed by atoms with Crippen molar-refractivity contribution in [2.75, 3.05) is 5.75 Å². The standard InChI is InChI=1S/C13H14Cl2O3S/c14-9-5-6-12(15)11(7-9)13(16)8-19(17,18)10-3-1-2-4-10/h5-7,10H,1-4,8H2. The highest BCUT2D eigenvalue weighted by Crippen LogP contribution is 2.27. The third kappa shape index (κ3) is 3.50. The molecule has 0 atom stereocenters. The molecule has 0 bridgehead atoms. The predicted molar refractivity (Wildman–Crippen MR) is 76.8 cm³/mol. The molecule has 19 heavy (non-hydrogen) atoms. The predicted octanol–water partition coefficient (Wildman–Crippen LogP) is 3.53. The molecule has 0 amide bonds. The van der Waals surface area contributed by atoms with Crippen molar-refractivity contribution in [1.82, 2.24) is 0 Å². The maximum Gasteiger partial charge on any atom is 0.179 e. The lowest BCUT2D eigenvalue weighted by atomic mass is 10.1. The summed E-state index contributed by atoms with van der Waals surface area (Å²) in [6.45, 7) is 0. The fourth-order valence-corrected chi connectivity index (χ4v) is 4.54. The molecule has 0 heterocycles. The van der Waals surface area contributed by atoms with Crippen molar-refractivity contribution in [2.24, 2.45) is 0 Å². The smallest absolute Gasteiger partial charge is 0.179 e. The Labute approximate surface area is 122 Å². The highest BCUT2D eigenvalue weighted by atomic mass is 35.5. The molecule has 1 fully saturated rings. The van der Waals surface area contributed by atoms with Gasteiger partial charge in [0, 0.05) is 10.6 Å². The summed E-state index contributed by atoms with van der Waals surface area (Å²) in [4.78, 5) is 12.1. The summed E-state index contributed by atoms with van der Waals surface area (Å²) in [5.74, 6) is -0.975. The van der Waals surface area contributed by atoms with Crippen LogP contribution in [0.2, 0.25) is 10.0 Å². The Balaban J connectivity index is 2.19. The van der Waals surface area contributed by atoms with E-state index in [4.69, 9.17) is 23.2 Å². The van der Waals surface area contributed by atoms with Crippen LogP contribution in [0.4, 0.5) is 0 Å². The van der Waals surface area contributed by atoms with Gasteiger partial charge in [0.1, 0.15) is 5.75 Å². The molecule has 0 saturated heterocycles. The van der Waals surface area contributed by atoms with E-state index in [-0.39, 0.29) is 15.8 Å². The second-order valence-electron chi connectivity index (χ2n) is 4.76. The Morgan fingerprint density at radius 2 is 1.84 bits per heavy atom. The van der Waals surface area contributed by atoms with Crippen molar-refractivity contribution in [3.8, 4) is 0 Å². The van der Waals surface area contributed by atoms with E-state index in [9.17, 15) is 13.2 Å². The Kier molecular flexibility index (Phi) is 4.54. The molecule has 104 valence electrons. The average Bonchev–Trinajstić information content (AvgIpc) is 2.86. The Morgan fingerprint density at radius 1 is 1.21 bits per heavy atom. The number of benzene rings is 1. The molecule has 2 rings (SSSR count). The van der Waals surface area contributed by atoms with Crippen LogP contribution in [0.25, 0.3) is 0 Å². The minimum absolute atomic E-state index is 0.177. The van der Waals surface area contributed by atoms with E-state index >= 15 is 0 Å². The number of ketones is 1. The minimum atomic E-state index is -3.39. The zero-order valence-electron chi connectivity index (χ0n) is 10.2. The SMILES string of the molecule is O=C(CS(=O)(=O)C1CCCC1)c1cc(Cl)ccc1Cl.